The fraction of sp³-hybridized carbons (Fsp3) is 0.562. The Bertz CT molecular complexity index is 821. The maximum Gasteiger partial charge on any atom is 0.269 e. The van der Waals surface area contributed by atoms with Gasteiger partial charge in [0.25, 0.3) is 5.69 Å². The smallest absolute Gasteiger partial charge is 0.269 e. The first-order chi connectivity index (χ1) is 11.7. The molecule has 1 aromatic rings. The molecule has 26 heavy (non-hydrogen) atoms. The molecule has 2 aliphatic heterocycles. The van der Waals surface area contributed by atoms with Crippen molar-refractivity contribution in [2.24, 2.45) is 0 Å². The van der Waals surface area contributed by atoms with E-state index in [4.69, 9.17) is 0 Å². The molecule has 8 nitrogen and oxygen atoms in total. The van der Waals surface area contributed by atoms with Crippen LogP contribution < -0.4 is 5.32 Å². The van der Waals surface area contributed by atoms with E-state index >= 15 is 0 Å². The molecule has 0 spiro atoms. The second-order valence-corrected chi connectivity index (χ2v) is 9.03. The number of halogens is 1. The van der Waals surface area contributed by atoms with Crippen LogP contribution in [-0.4, -0.2) is 54.8 Å². The predicted molar refractivity (Wildman–Crippen MR) is 99.1 cm³/mol. The van der Waals surface area contributed by atoms with Gasteiger partial charge in [-0.1, -0.05) is 6.07 Å². The van der Waals surface area contributed by atoms with Gasteiger partial charge in [0.2, 0.25) is 5.91 Å². The number of piperidine rings is 1. The number of nitrogens with zero attached hydrogens (tertiary/aromatic N) is 2. The van der Waals surface area contributed by atoms with Crippen molar-refractivity contribution in [3.63, 3.8) is 0 Å². The lowest BCUT2D eigenvalue weighted by atomic mass is 9.92. The SMILES string of the molecule is CS(=O)(=O)C1(C(=O)N2CCc3ccc([N+](=O)[O-])cc3C2)CCNCC1.Cl. The zero-order valence-electron chi connectivity index (χ0n) is 14.4. The fourth-order valence-electron chi connectivity index (χ4n) is 3.69. The fourth-order valence-corrected chi connectivity index (χ4v) is 5.08. The van der Waals surface area contributed by atoms with Gasteiger partial charge in [-0.3, -0.25) is 14.9 Å². The largest absolute Gasteiger partial charge is 0.337 e. The first kappa shape index (κ1) is 20.6. The van der Waals surface area contributed by atoms with Crippen molar-refractivity contribution in [2.45, 2.75) is 30.6 Å². The summed E-state index contributed by atoms with van der Waals surface area (Å²) in [4.78, 5) is 25.2. The quantitative estimate of drug-likeness (QED) is 0.597. The number of hydrogen-bond donors (Lipinski definition) is 1. The second kappa shape index (κ2) is 7.50. The molecular weight excluding hydrogens is 382 g/mol. The highest BCUT2D eigenvalue weighted by Gasteiger charge is 2.50. The van der Waals surface area contributed by atoms with Crippen LogP contribution in [0, 0.1) is 10.1 Å². The van der Waals surface area contributed by atoms with Gasteiger partial charge in [-0.2, -0.15) is 0 Å². The molecule has 0 radical (unpaired) electrons. The van der Waals surface area contributed by atoms with E-state index in [1.54, 1.807) is 11.0 Å². The zero-order valence-corrected chi connectivity index (χ0v) is 16.1. The van der Waals surface area contributed by atoms with Crippen LogP contribution in [0.3, 0.4) is 0 Å². The number of carbonyl (C=O) groups excluding carboxylic acids is 1. The minimum Gasteiger partial charge on any atom is -0.337 e. The van der Waals surface area contributed by atoms with Crippen LogP contribution >= 0.6 is 12.4 Å². The van der Waals surface area contributed by atoms with E-state index in [1.165, 1.54) is 12.1 Å². The lowest BCUT2D eigenvalue weighted by Gasteiger charge is -2.40. The molecule has 0 saturated carbocycles. The van der Waals surface area contributed by atoms with E-state index in [-0.39, 0.29) is 43.4 Å². The molecular formula is C16H22ClN3O5S. The third-order valence-corrected chi connectivity index (χ3v) is 7.21. The first-order valence-corrected chi connectivity index (χ1v) is 10.1. The highest BCUT2D eigenvalue weighted by molar-refractivity contribution is 7.92. The molecule has 144 valence electrons. The topological polar surface area (TPSA) is 110 Å². The molecule has 0 bridgehead atoms. The van der Waals surface area contributed by atoms with Crippen molar-refractivity contribution in [1.82, 2.24) is 10.2 Å². The van der Waals surface area contributed by atoms with Crippen LogP contribution in [0.15, 0.2) is 18.2 Å². The van der Waals surface area contributed by atoms with Gasteiger partial charge < -0.3 is 10.2 Å². The van der Waals surface area contributed by atoms with Gasteiger partial charge in [-0.15, -0.1) is 12.4 Å². The van der Waals surface area contributed by atoms with Crippen LogP contribution in [0.25, 0.3) is 0 Å². The van der Waals surface area contributed by atoms with Crippen LogP contribution in [0.4, 0.5) is 5.69 Å². The minimum absolute atomic E-state index is 0. The summed E-state index contributed by atoms with van der Waals surface area (Å²) in [5.41, 5.74) is 1.66. The van der Waals surface area contributed by atoms with Gasteiger partial charge >= 0.3 is 0 Å². The summed E-state index contributed by atoms with van der Waals surface area (Å²) in [5, 5.41) is 14.1. The molecule has 10 heteroatoms. The van der Waals surface area contributed by atoms with Crippen molar-refractivity contribution in [1.29, 1.82) is 0 Å². The third kappa shape index (κ3) is 3.56. The lowest BCUT2D eigenvalue weighted by molar-refractivity contribution is -0.385. The van der Waals surface area contributed by atoms with Crippen molar-refractivity contribution in [2.75, 3.05) is 25.9 Å². The van der Waals surface area contributed by atoms with Gasteiger partial charge in [0, 0.05) is 31.5 Å². The Morgan fingerprint density at radius 1 is 1.27 bits per heavy atom. The Labute approximate surface area is 158 Å². The number of nitro benzene ring substituents is 1. The summed E-state index contributed by atoms with van der Waals surface area (Å²) in [6.45, 7) is 1.60. The van der Waals surface area contributed by atoms with Crippen LogP contribution in [0.2, 0.25) is 0 Å². The first-order valence-electron chi connectivity index (χ1n) is 8.20. The number of nitrogens with one attached hydrogen (secondary N) is 1. The van der Waals surface area contributed by atoms with E-state index < -0.39 is 19.5 Å². The Morgan fingerprint density at radius 2 is 1.92 bits per heavy atom. The standard InChI is InChI=1S/C16H21N3O5S.ClH/c1-25(23,24)16(5-7-17-8-6-16)15(20)18-9-4-12-2-3-14(19(21)22)10-13(12)11-18;/h2-3,10,17H,4-9,11H2,1H3;1H. The molecule has 1 amide bonds. The highest BCUT2D eigenvalue weighted by Crippen LogP contribution is 2.32. The summed E-state index contributed by atoms with van der Waals surface area (Å²) in [5.74, 6) is -0.381. The number of sulfone groups is 1. The van der Waals surface area contributed by atoms with Gasteiger partial charge in [-0.05, 0) is 43.5 Å². The summed E-state index contributed by atoms with van der Waals surface area (Å²) >= 11 is 0. The zero-order chi connectivity index (χ0) is 18.2. The number of amides is 1. The van der Waals surface area contributed by atoms with E-state index in [0.717, 1.165) is 11.8 Å². The molecule has 0 aliphatic carbocycles. The normalized spacial score (nSPS) is 19.2. The molecule has 0 atom stereocenters. The summed E-state index contributed by atoms with van der Waals surface area (Å²) in [6.07, 6.45) is 2.20. The van der Waals surface area contributed by atoms with E-state index in [2.05, 4.69) is 5.32 Å². The van der Waals surface area contributed by atoms with E-state index in [9.17, 15) is 23.3 Å². The molecule has 1 fully saturated rings. The van der Waals surface area contributed by atoms with Crippen LogP contribution in [-0.2, 0) is 27.6 Å². The number of rotatable bonds is 3. The highest BCUT2D eigenvalue weighted by atomic mass is 35.5. The maximum absolute atomic E-state index is 13.1. The van der Waals surface area contributed by atoms with Gasteiger partial charge in [0.15, 0.2) is 14.6 Å². The van der Waals surface area contributed by atoms with E-state index in [1.807, 2.05) is 0 Å². The lowest BCUT2D eigenvalue weighted by Crippen LogP contribution is -2.58. The van der Waals surface area contributed by atoms with Crippen molar-refractivity contribution >= 4 is 33.8 Å². The summed E-state index contributed by atoms with van der Waals surface area (Å²) in [7, 11) is -3.57. The summed E-state index contributed by atoms with van der Waals surface area (Å²) < 4.78 is 23.4. The number of benzene rings is 1. The number of fused-ring (bicyclic) bond motifs is 1. The Hall–Kier alpha value is -1.71. The van der Waals surface area contributed by atoms with Crippen molar-refractivity contribution in [3.05, 3.63) is 39.4 Å². The maximum atomic E-state index is 13.1. The molecule has 1 N–H and O–H groups in total. The van der Waals surface area contributed by atoms with Crippen LogP contribution in [0.5, 0.6) is 0 Å². The summed E-state index contributed by atoms with van der Waals surface area (Å²) in [6, 6.07) is 4.65. The molecule has 0 aromatic heterocycles. The Kier molecular flexibility index (Phi) is 5.94. The molecule has 1 saturated heterocycles. The van der Waals surface area contributed by atoms with Crippen molar-refractivity contribution in [3.8, 4) is 0 Å². The number of nitro groups is 1. The van der Waals surface area contributed by atoms with Crippen molar-refractivity contribution < 1.29 is 18.1 Å². The van der Waals surface area contributed by atoms with Crippen LogP contribution in [0.1, 0.15) is 24.0 Å². The number of non-ortho nitro benzene ring substituents is 1. The minimum atomic E-state index is -3.57. The molecule has 2 aliphatic rings. The van der Waals surface area contributed by atoms with E-state index in [0.29, 0.717) is 31.6 Å². The van der Waals surface area contributed by atoms with Gasteiger partial charge in [-0.25, -0.2) is 8.42 Å². The monoisotopic (exact) mass is 403 g/mol. The third-order valence-electron chi connectivity index (χ3n) is 5.21. The average Bonchev–Trinajstić information content (AvgIpc) is 2.59. The Balaban J connectivity index is 0.00000243. The number of hydrogen-bond acceptors (Lipinski definition) is 6. The Morgan fingerprint density at radius 3 is 2.50 bits per heavy atom. The molecule has 1 aromatic carbocycles. The molecule has 3 rings (SSSR count). The van der Waals surface area contributed by atoms with Gasteiger partial charge in [0.1, 0.15) is 0 Å². The number of carbonyl (C=O) groups is 1. The average molecular weight is 404 g/mol. The molecule has 2 heterocycles. The second-order valence-electron chi connectivity index (χ2n) is 6.70. The molecule has 0 unspecified atom stereocenters. The predicted octanol–water partition coefficient (Wildman–Crippen LogP) is 1.07. The van der Waals surface area contributed by atoms with Gasteiger partial charge in [0.05, 0.1) is 4.92 Å².